The third-order valence-corrected chi connectivity index (χ3v) is 6.04. The lowest BCUT2D eigenvalue weighted by Crippen LogP contribution is -2.42. The summed E-state index contributed by atoms with van der Waals surface area (Å²) in [5.41, 5.74) is 9.63. The second-order valence-corrected chi connectivity index (χ2v) is 8.39. The van der Waals surface area contributed by atoms with E-state index in [4.69, 9.17) is 10.5 Å². The molecule has 0 saturated carbocycles. The average molecular weight is 455 g/mol. The van der Waals surface area contributed by atoms with Crippen LogP contribution in [0.3, 0.4) is 0 Å². The van der Waals surface area contributed by atoms with Gasteiger partial charge in [-0.05, 0) is 24.5 Å². The van der Waals surface area contributed by atoms with E-state index in [-0.39, 0.29) is 24.6 Å². The van der Waals surface area contributed by atoms with Crippen molar-refractivity contribution in [1.82, 2.24) is 30.4 Å². The number of methoxy groups -OCH3 is 1. The molecule has 0 amide bonds. The van der Waals surface area contributed by atoms with Gasteiger partial charge >= 0.3 is 0 Å². The number of rotatable bonds is 10. The first-order valence-corrected chi connectivity index (χ1v) is 11.6. The van der Waals surface area contributed by atoms with Crippen LogP contribution in [0.1, 0.15) is 43.4 Å². The van der Waals surface area contributed by atoms with E-state index in [1.807, 2.05) is 4.68 Å². The largest absolute Gasteiger partial charge is 0.496 e. The summed E-state index contributed by atoms with van der Waals surface area (Å²) in [7, 11) is 1.69. The third-order valence-electron chi connectivity index (χ3n) is 6.04. The number of fused-ring (bicyclic) bond motifs is 1. The molecule has 1 aliphatic rings. The maximum Gasteiger partial charge on any atom is 0.222 e. The molecule has 1 aromatic carbocycles. The number of hydrogen-bond donors (Lipinski definition) is 5. The monoisotopic (exact) mass is 454 g/mol. The summed E-state index contributed by atoms with van der Waals surface area (Å²) in [6, 6.07) is 6.68. The zero-order valence-electron chi connectivity index (χ0n) is 19.3. The van der Waals surface area contributed by atoms with Crippen LogP contribution in [-0.2, 0) is 6.54 Å². The van der Waals surface area contributed by atoms with Crippen LogP contribution in [0.2, 0.25) is 0 Å². The number of aliphatic hydroxyl groups is 1. The van der Waals surface area contributed by atoms with Crippen molar-refractivity contribution in [3.63, 3.8) is 0 Å². The van der Waals surface area contributed by atoms with E-state index in [9.17, 15) is 5.11 Å². The van der Waals surface area contributed by atoms with E-state index >= 15 is 0 Å². The lowest BCUT2D eigenvalue weighted by molar-refractivity contribution is 0.276. The van der Waals surface area contributed by atoms with Crippen molar-refractivity contribution < 1.29 is 9.84 Å². The van der Waals surface area contributed by atoms with Gasteiger partial charge in [-0.15, -0.1) is 0 Å². The molecule has 4 rings (SSSR count). The molecule has 10 nitrogen and oxygen atoms in total. The van der Waals surface area contributed by atoms with E-state index in [1.165, 1.54) is 5.56 Å². The predicted octanol–water partition coefficient (Wildman–Crippen LogP) is 1.66. The number of aliphatic hydroxyl groups excluding tert-OH is 1. The van der Waals surface area contributed by atoms with Crippen LogP contribution in [0.25, 0.3) is 11.0 Å². The zero-order valence-corrected chi connectivity index (χ0v) is 19.3. The molecule has 1 saturated heterocycles. The molecule has 0 aliphatic carbocycles. The van der Waals surface area contributed by atoms with Crippen molar-refractivity contribution in [3.8, 4) is 5.75 Å². The molecule has 2 unspecified atom stereocenters. The first kappa shape index (κ1) is 23.2. The Bertz CT molecular complexity index is 1060. The van der Waals surface area contributed by atoms with Gasteiger partial charge in [0, 0.05) is 43.9 Å². The number of piperazine rings is 1. The van der Waals surface area contributed by atoms with E-state index in [1.54, 1.807) is 13.3 Å². The van der Waals surface area contributed by atoms with Crippen LogP contribution in [0.15, 0.2) is 24.4 Å². The van der Waals surface area contributed by atoms with Crippen molar-refractivity contribution in [2.24, 2.45) is 0 Å². The summed E-state index contributed by atoms with van der Waals surface area (Å²) in [5, 5.41) is 24.4. The first-order chi connectivity index (χ1) is 16.1. The molecule has 3 aromatic rings. The highest BCUT2D eigenvalue weighted by Crippen LogP contribution is 2.28. The van der Waals surface area contributed by atoms with Crippen molar-refractivity contribution in [2.75, 3.05) is 44.4 Å². The Hall–Kier alpha value is -2.95. The molecular weight excluding hydrogens is 420 g/mol. The SMILES string of the molecule is CCCC(CCO)Nc1nc(N)nc2cnn(Cc3ccc(C4CNCCN4)cc3OC)c12. The lowest BCUT2D eigenvalue weighted by Gasteiger charge is -2.25. The molecule has 1 fully saturated rings. The highest BCUT2D eigenvalue weighted by molar-refractivity contribution is 5.86. The molecular formula is C23H34N8O2. The molecule has 3 heterocycles. The summed E-state index contributed by atoms with van der Waals surface area (Å²) in [6.07, 6.45) is 4.25. The van der Waals surface area contributed by atoms with E-state index in [0.29, 0.717) is 24.3 Å². The van der Waals surface area contributed by atoms with Crippen LogP contribution < -0.4 is 26.4 Å². The third kappa shape index (κ3) is 5.35. The minimum atomic E-state index is 0.0891. The number of nitrogens with two attached hydrogens (primary N) is 1. The Morgan fingerprint density at radius 3 is 2.91 bits per heavy atom. The molecule has 6 N–H and O–H groups in total. The van der Waals surface area contributed by atoms with Gasteiger partial charge in [0.25, 0.3) is 0 Å². The number of ether oxygens (including phenoxy) is 1. The van der Waals surface area contributed by atoms with Crippen LogP contribution in [0.4, 0.5) is 11.8 Å². The van der Waals surface area contributed by atoms with Gasteiger partial charge in [0.2, 0.25) is 5.95 Å². The van der Waals surface area contributed by atoms with Crippen molar-refractivity contribution in [3.05, 3.63) is 35.5 Å². The molecule has 1 aliphatic heterocycles. The van der Waals surface area contributed by atoms with E-state index in [0.717, 1.165) is 49.3 Å². The number of hydrogen-bond acceptors (Lipinski definition) is 9. The van der Waals surface area contributed by atoms with Gasteiger partial charge < -0.3 is 31.5 Å². The number of benzene rings is 1. The minimum Gasteiger partial charge on any atom is -0.496 e. The summed E-state index contributed by atoms with van der Waals surface area (Å²) in [5.74, 6) is 1.65. The quantitative estimate of drug-likeness (QED) is 0.310. The molecule has 0 spiro atoms. The smallest absolute Gasteiger partial charge is 0.222 e. The van der Waals surface area contributed by atoms with E-state index in [2.05, 4.69) is 56.1 Å². The maximum atomic E-state index is 9.46. The fourth-order valence-corrected chi connectivity index (χ4v) is 4.38. The van der Waals surface area contributed by atoms with E-state index < -0.39 is 0 Å². The molecule has 0 radical (unpaired) electrons. The highest BCUT2D eigenvalue weighted by Gasteiger charge is 2.19. The van der Waals surface area contributed by atoms with Crippen molar-refractivity contribution >= 4 is 22.8 Å². The summed E-state index contributed by atoms with van der Waals surface area (Å²) >= 11 is 0. The number of nitrogens with zero attached hydrogens (tertiary/aromatic N) is 4. The number of anilines is 2. The van der Waals surface area contributed by atoms with Crippen LogP contribution in [0, 0.1) is 0 Å². The van der Waals surface area contributed by atoms with Gasteiger partial charge in [0.15, 0.2) is 5.82 Å². The molecule has 178 valence electrons. The van der Waals surface area contributed by atoms with Gasteiger partial charge in [-0.2, -0.15) is 10.1 Å². The predicted molar refractivity (Wildman–Crippen MR) is 129 cm³/mol. The summed E-state index contributed by atoms with van der Waals surface area (Å²) in [6.45, 7) is 5.56. The van der Waals surface area contributed by atoms with Gasteiger partial charge in [-0.3, -0.25) is 4.68 Å². The summed E-state index contributed by atoms with van der Waals surface area (Å²) < 4.78 is 7.60. The number of aromatic nitrogens is 4. The molecule has 0 bridgehead atoms. The fourth-order valence-electron chi connectivity index (χ4n) is 4.38. The zero-order chi connectivity index (χ0) is 23.2. The van der Waals surface area contributed by atoms with Gasteiger partial charge in [-0.1, -0.05) is 25.5 Å². The van der Waals surface area contributed by atoms with Crippen LogP contribution in [0.5, 0.6) is 5.75 Å². The topological polar surface area (TPSA) is 135 Å². The maximum absolute atomic E-state index is 9.46. The Morgan fingerprint density at radius 2 is 2.18 bits per heavy atom. The van der Waals surface area contributed by atoms with Crippen molar-refractivity contribution in [2.45, 2.75) is 44.8 Å². The highest BCUT2D eigenvalue weighted by atomic mass is 16.5. The van der Waals surface area contributed by atoms with Gasteiger partial charge in [0.05, 0.1) is 19.9 Å². The molecule has 10 heteroatoms. The number of nitrogen functional groups attached to an aromatic ring is 1. The van der Waals surface area contributed by atoms with Crippen LogP contribution >= 0.6 is 0 Å². The Kier molecular flexibility index (Phi) is 7.58. The van der Waals surface area contributed by atoms with Crippen LogP contribution in [-0.4, -0.2) is 64.2 Å². The Balaban J connectivity index is 1.64. The number of nitrogens with one attached hydrogen (secondary N) is 3. The second-order valence-electron chi connectivity index (χ2n) is 8.39. The second kappa shape index (κ2) is 10.8. The fraction of sp³-hybridized carbons (Fsp3) is 0.522. The minimum absolute atomic E-state index is 0.0891. The van der Waals surface area contributed by atoms with Gasteiger partial charge in [-0.25, -0.2) is 4.98 Å². The average Bonchev–Trinajstić information content (AvgIpc) is 3.22. The standard InChI is InChI=1S/C23H34N8O2/c1-3-4-17(7-10-32)28-22-21-19(29-23(24)30-22)13-27-31(21)14-16-6-5-15(11-20(16)33-2)18-12-25-8-9-26-18/h5-6,11,13,17-18,25-26,32H,3-4,7-10,12,14H2,1-2H3,(H3,24,28,29,30). The van der Waals surface area contributed by atoms with Crippen molar-refractivity contribution in [1.29, 1.82) is 0 Å². The summed E-state index contributed by atoms with van der Waals surface area (Å²) in [4.78, 5) is 8.83. The molecule has 2 atom stereocenters. The Labute approximate surface area is 193 Å². The molecule has 2 aromatic heterocycles. The first-order valence-electron chi connectivity index (χ1n) is 11.6. The normalized spacial score (nSPS) is 17.2. The Morgan fingerprint density at radius 1 is 1.30 bits per heavy atom. The van der Waals surface area contributed by atoms with Gasteiger partial charge in [0.1, 0.15) is 16.8 Å². The molecule has 33 heavy (non-hydrogen) atoms. The lowest BCUT2D eigenvalue weighted by atomic mass is 10.0.